The Morgan fingerprint density at radius 1 is 1.00 bits per heavy atom. The smallest absolute Gasteiger partial charge is 0.338 e. The van der Waals surface area contributed by atoms with Crippen LogP contribution < -0.4 is 0 Å². The van der Waals surface area contributed by atoms with Crippen LogP contribution in [0, 0.1) is 0 Å². The summed E-state index contributed by atoms with van der Waals surface area (Å²) in [5.41, 5.74) is -0.404. The molecule has 2 rings (SSSR count). The highest BCUT2D eigenvalue weighted by atomic mass is 16.9. The van der Waals surface area contributed by atoms with E-state index in [0.717, 1.165) is 5.56 Å². The molecule has 0 amide bonds. The Morgan fingerprint density at radius 3 is 2.15 bits per heavy atom. The van der Waals surface area contributed by atoms with Gasteiger partial charge < -0.3 is 28.4 Å². The highest BCUT2D eigenvalue weighted by molar-refractivity contribution is 5.80. The zero-order valence-electron chi connectivity index (χ0n) is 16.5. The van der Waals surface area contributed by atoms with Gasteiger partial charge in [0.1, 0.15) is 0 Å². The summed E-state index contributed by atoms with van der Waals surface area (Å²) in [5, 5.41) is 0. The molecule has 0 saturated carbocycles. The van der Waals surface area contributed by atoms with E-state index in [1.807, 2.05) is 42.5 Å². The Morgan fingerprint density at radius 2 is 1.63 bits per heavy atom. The van der Waals surface area contributed by atoms with Crippen LogP contribution in [0.4, 0.5) is 0 Å². The molecule has 1 fully saturated rings. The maximum Gasteiger partial charge on any atom is 0.338 e. The van der Waals surface area contributed by atoms with Crippen LogP contribution in [-0.2, 0) is 33.2 Å². The van der Waals surface area contributed by atoms with Crippen molar-refractivity contribution in [3.8, 4) is 0 Å². The predicted molar refractivity (Wildman–Crippen MR) is 98.7 cm³/mol. The molecule has 1 saturated heterocycles. The summed E-state index contributed by atoms with van der Waals surface area (Å²) in [6.07, 6.45) is 4.22. The Kier molecular flexibility index (Phi) is 7.13. The Labute approximate surface area is 160 Å². The lowest BCUT2D eigenvalue weighted by atomic mass is 9.84. The van der Waals surface area contributed by atoms with Gasteiger partial charge in [-0.05, 0) is 5.56 Å². The molecule has 1 atom stereocenters. The zero-order chi connectivity index (χ0) is 20.0. The van der Waals surface area contributed by atoms with Crippen molar-refractivity contribution in [2.75, 3.05) is 35.5 Å². The van der Waals surface area contributed by atoms with Crippen LogP contribution in [0.2, 0.25) is 0 Å². The predicted octanol–water partition coefficient (Wildman–Crippen LogP) is 2.75. The second-order valence-corrected chi connectivity index (χ2v) is 6.37. The minimum Gasteiger partial charge on any atom is -0.467 e. The zero-order valence-corrected chi connectivity index (χ0v) is 16.5. The lowest BCUT2D eigenvalue weighted by molar-refractivity contribution is -0.451. The first-order valence-corrected chi connectivity index (χ1v) is 8.63. The second-order valence-electron chi connectivity index (χ2n) is 6.37. The van der Waals surface area contributed by atoms with E-state index in [2.05, 4.69) is 0 Å². The van der Waals surface area contributed by atoms with E-state index in [-0.39, 0.29) is 19.3 Å². The first-order valence-electron chi connectivity index (χ1n) is 8.63. The summed E-state index contributed by atoms with van der Waals surface area (Å²) in [6.45, 7) is 0. The minimum atomic E-state index is -1.51. The lowest BCUT2D eigenvalue weighted by Crippen LogP contribution is -2.64. The normalized spacial score (nSPS) is 24.0. The molecule has 7 heteroatoms. The number of carbonyl (C=O) groups is 1. The van der Waals surface area contributed by atoms with Gasteiger partial charge in [0.05, 0.1) is 13.5 Å². The van der Waals surface area contributed by atoms with Gasteiger partial charge in [0.15, 0.2) is 11.4 Å². The van der Waals surface area contributed by atoms with Crippen LogP contribution in [0.1, 0.15) is 24.8 Å². The van der Waals surface area contributed by atoms with Gasteiger partial charge in [0.2, 0.25) is 0 Å². The van der Waals surface area contributed by atoms with Crippen molar-refractivity contribution in [3.05, 3.63) is 42.0 Å². The SMILES string of the molecule is COC(=O)[C@]1(C/C=C/c2ccccc2)CC(OC)(OC)CC(OC)(OC)O1. The summed E-state index contributed by atoms with van der Waals surface area (Å²) in [5.74, 6) is -3.21. The lowest BCUT2D eigenvalue weighted by Gasteiger charge is -2.51. The number of rotatable bonds is 8. The van der Waals surface area contributed by atoms with E-state index in [4.69, 9.17) is 28.4 Å². The molecule has 150 valence electrons. The second kappa shape index (κ2) is 8.95. The number of esters is 1. The van der Waals surface area contributed by atoms with E-state index in [1.165, 1.54) is 35.5 Å². The van der Waals surface area contributed by atoms with Gasteiger partial charge in [0.25, 0.3) is 5.97 Å². The molecule has 7 nitrogen and oxygen atoms in total. The molecule has 0 unspecified atom stereocenters. The third kappa shape index (κ3) is 4.56. The highest BCUT2D eigenvalue weighted by Crippen LogP contribution is 2.46. The van der Waals surface area contributed by atoms with Gasteiger partial charge in [-0.2, -0.15) is 0 Å². The molecule has 0 aliphatic carbocycles. The quantitative estimate of drug-likeness (QED) is 0.507. The first-order chi connectivity index (χ1) is 12.9. The molecule has 27 heavy (non-hydrogen) atoms. The van der Waals surface area contributed by atoms with Crippen molar-refractivity contribution in [1.29, 1.82) is 0 Å². The van der Waals surface area contributed by atoms with E-state index < -0.39 is 23.3 Å². The van der Waals surface area contributed by atoms with Gasteiger partial charge in [-0.3, -0.25) is 0 Å². The third-order valence-corrected chi connectivity index (χ3v) is 4.87. The van der Waals surface area contributed by atoms with Crippen LogP contribution in [0.5, 0.6) is 0 Å². The molecular formula is C20H28O7. The molecule has 0 radical (unpaired) electrons. The van der Waals surface area contributed by atoms with Crippen LogP contribution in [-0.4, -0.2) is 58.9 Å². The van der Waals surface area contributed by atoms with Crippen molar-refractivity contribution >= 4 is 12.0 Å². The van der Waals surface area contributed by atoms with Gasteiger partial charge in [0, 0.05) is 41.3 Å². The number of hydrogen-bond acceptors (Lipinski definition) is 7. The molecule has 1 aliphatic heterocycles. The molecule has 1 heterocycles. The van der Waals surface area contributed by atoms with Crippen LogP contribution >= 0.6 is 0 Å². The van der Waals surface area contributed by atoms with Crippen molar-refractivity contribution in [1.82, 2.24) is 0 Å². The maximum absolute atomic E-state index is 12.8. The maximum atomic E-state index is 12.8. The summed E-state index contributed by atoms with van der Waals surface area (Å²) in [6, 6.07) is 9.75. The monoisotopic (exact) mass is 380 g/mol. The Balaban J connectivity index is 2.41. The molecule has 1 aliphatic rings. The minimum absolute atomic E-state index is 0.118. The molecule has 1 aromatic carbocycles. The fourth-order valence-corrected chi connectivity index (χ4v) is 3.33. The van der Waals surface area contributed by atoms with E-state index in [9.17, 15) is 4.79 Å². The van der Waals surface area contributed by atoms with Crippen molar-refractivity contribution in [2.45, 2.75) is 36.6 Å². The number of benzene rings is 1. The summed E-state index contributed by atoms with van der Waals surface area (Å²) >= 11 is 0. The fourth-order valence-electron chi connectivity index (χ4n) is 3.33. The van der Waals surface area contributed by atoms with Gasteiger partial charge in [-0.15, -0.1) is 0 Å². The molecule has 0 aromatic heterocycles. The Bertz CT molecular complexity index is 613. The fraction of sp³-hybridized carbons (Fsp3) is 0.550. The van der Waals surface area contributed by atoms with Gasteiger partial charge >= 0.3 is 5.97 Å². The summed E-state index contributed by atoms with van der Waals surface area (Å²) in [7, 11) is 7.20. The summed E-state index contributed by atoms with van der Waals surface area (Å²) in [4.78, 5) is 12.8. The van der Waals surface area contributed by atoms with E-state index >= 15 is 0 Å². The number of hydrogen-bond donors (Lipinski definition) is 0. The third-order valence-electron chi connectivity index (χ3n) is 4.87. The van der Waals surface area contributed by atoms with Crippen LogP contribution in [0.15, 0.2) is 36.4 Å². The topological polar surface area (TPSA) is 72.5 Å². The molecular weight excluding hydrogens is 352 g/mol. The molecule has 0 spiro atoms. The molecule has 0 bridgehead atoms. The molecule has 1 aromatic rings. The van der Waals surface area contributed by atoms with Crippen molar-refractivity contribution in [3.63, 3.8) is 0 Å². The highest BCUT2D eigenvalue weighted by Gasteiger charge is 2.61. The molecule has 0 N–H and O–H groups in total. The number of ether oxygens (including phenoxy) is 6. The van der Waals surface area contributed by atoms with Crippen molar-refractivity contribution < 1.29 is 33.2 Å². The largest absolute Gasteiger partial charge is 0.467 e. The number of methoxy groups -OCH3 is 5. The average molecular weight is 380 g/mol. The van der Waals surface area contributed by atoms with Crippen LogP contribution in [0.3, 0.4) is 0 Å². The standard InChI is InChI=1S/C20H28O7/c1-22-17(21)18(13-9-12-16-10-7-6-8-11-16)14-19(23-2,24-3)15-20(25-4,26-5)27-18/h6-12H,13-15H2,1-5H3/b12-9+/t18-/m0/s1. The van der Waals surface area contributed by atoms with Crippen LogP contribution in [0.25, 0.3) is 6.08 Å². The number of carbonyl (C=O) groups excluding carboxylic acids is 1. The Hall–Kier alpha value is -1.77. The summed E-state index contributed by atoms with van der Waals surface area (Å²) < 4.78 is 33.3. The van der Waals surface area contributed by atoms with E-state index in [0.29, 0.717) is 0 Å². The van der Waals surface area contributed by atoms with Crippen molar-refractivity contribution in [2.24, 2.45) is 0 Å². The van der Waals surface area contributed by atoms with E-state index in [1.54, 1.807) is 0 Å². The van der Waals surface area contributed by atoms with Gasteiger partial charge in [-0.25, -0.2) is 4.79 Å². The first kappa shape index (κ1) is 21.5. The average Bonchev–Trinajstić information content (AvgIpc) is 2.73. The van der Waals surface area contributed by atoms with Gasteiger partial charge in [-0.1, -0.05) is 42.5 Å².